The smallest absolute Gasteiger partial charge is 0.337 e. The molecule has 1 aromatic heterocycles. The van der Waals surface area contributed by atoms with Crippen LogP contribution >= 0.6 is 0 Å². The van der Waals surface area contributed by atoms with Gasteiger partial charge in [0.25, 0.3) is 0 Å². The standard InChI is InChI=1S/C22H19N3O2/c1-27-22(26)16-11-9-15(10-12-16)14-23-18-6-4-5-17(13-18)21-24-19-7-2-3-8-20(19)25-21/h2-13,23H,14H2,1H3,(H,24,25). The van der Waals surface area contributed by atoms with Crippen molar-refractivity contribution >= 4 is 22.7 Å². The number of fused-ring (bicyclic) bond motifs is 1. The molecule has 0 fully saturated rings. The Hall–Kier alpha value is -3.60. The molecule has 0 radical (unpaired) electrons. The van der Waals surface area contributed by atoms with Crippen LogP contribution in [-0.2, 0) is 11.3 Å². The summed E-state index contributed by atoms with van der Waals surface area (Å²) in [7, 11) is 1.38. The van der Waals surface area contributed by atoms with Gasteiger partial charge in [0, 0.05) is 17.8 Å². The fourth-order valence-corrected chi connectivity index (χ4v) is 2.95. The number of carbonyl (C=O) groups excluding carboxylic acids is 1. The van der Waals surface area contributed by atoms with Crippen molar-refractivity contribution in [3.8, 4) is 11.4 Å². The van der Waals surface area contributed by atoms with E-state index in [0.29, 0.717) is 12.1 Å². The SMILES string of the molecule is COC(=O)c1ccc(CNc2cccc(-c3nc4ccccc4[nH]3)c2)cc1. The molecule has 0 unspecified atom stereocenters. The number of benzene rings is 3. The number of methoxy groups -OCH3 is 1. The number of aromatic amines is 1. The van der Waals surface area contributed by atoms with Gasteiger partial charge in [-0.3, -0.25) is 0 Å². The van der Waals surface area contributed by atoms with E-state index in [1.807, 2.05) is 54.6 Å². The van der Waals surface area contributed by atoms with E-state index in [9.17, 15) is 4.79 Å². The Morgan fingerprint density at radius 3 is 2.63 bits per heavy atom. The Labute approximate surface area is 157 Å². The quantitative estimate of drug-likeness (QED) is 0.511. The third kappa shape index (κ3) is 3.67. The molecule has 134 valence electrons. The van der Waals surface area contributed by atoms with Crippen molar-refractivity contribution in [2.45, 2.75) is 6.54 Å². The first-order valence-electron chi connectivity index (χ1n) is 8.69. The summed E-state index contributed by atoms with van der Waals surface area (Å²) in [5.74, 6) is 0.523. The molecular formula is C22H19N3O2. The van der Waals surface area contributed by atoms with Crippen molar-refractivity contribution < 1.29 is 9.53 Å². The van der Waals surface area contributed by atoms with E-state index in [-0.39, 0.29) is 5.97 Å². The van der Waals surface area contributed by atoms with Crippen LogP contribution in [0.5, 0.6) is 0 Å². The zero-order chi connectivity index (χ0) is 18.6. The fourth-order valence-electron chi connectivity index (χ4n) is 2.95. The van der Waals surface area contributed by atoms with Crippen LogP contribution in [0.25, 0.3) is 22.4 Å². The average molecular weight is 357 g/mol. The second-order valence-corrected chi connectivity index (χ2v) is 6.23. The molecule has 0 saturated carbocycles. The molecule has 4 aromatic rings. The third-order valence-corrected chi connectivity index (χ3v) is 4.40. The third-order valence-electron chi connectivity index (χ3n) is 4.40. The van der Waals surface area contributed by atoms with E-state index < -0.39 is 0 Å². The van der Waals surface area contributed by atoms with Gasteiger partial charge in [-0.15, -0.1) is 0 Å². The molecule has 0 bridgehead atoms. The van der Waals surface area contributed by atoms with E-state index in [1.165, 1.54) is 7.11 Å². The lowest BCUT2D eigenvalue weighted by atomic mass is 10.1. The van der Waals surface area contributed by atoms with Crippen LogP contribution in [0.15, 0.2) is 72.8 Å². The number of nitrogens with one attached hydrogen (secondary N) is 2. The Balaban J connectivity index is 1.48. The molecule has 0 atom stereocenters. The van der Waals surface area contributed by atoms with Crippen LogP contribution < -0.4 is 5.32 Å². The van der Waals surface area contributed by atoms with Gasteiger partial charge in [0.05, 0.1) is 23.7 Å². The van der Waals surface area contributed by atoms with E-state index in [1.54, 1.807) is 12.1 Å². The van der Waals surface area contributed by atoms with Gasteiger partial charge in [-0.1, -0.05) is 36.4 Å². The average Bonchev–Trinajstić information content (AvgIpc) is 3.17. The minimum atomic E-state index is -0.326. The number of esters is 1. The predicted molar refractivity (Wildman–Crippen MR) is 107 cm³/mol. The Morgan fingerprint density at radius 2 is 1.85 bits per heavy atom. The molecule has 0 aliphatic heterocycles. The lowest BCUT2D eigenvalue weighted by Gasteiger charge is -2.08. The van der Waals surface area contributed by atoms with Crippen LogP contribution in [-0.4, -0.2) is 23.0 Å². The molecule has 5 heteroatoms. The van der Waals surface area contributed by atoms with E-state index in [0.717, 1.165) is 33.7 Å². The number of nitrogens with zero attached hydrogens (tertiary/aromatic N) is 1. The van der Waals surface area contributed by atoms with E-state index in [2.05, 4.69) is 21.4 Å². The summed E-state index contributed by atoms with van der Waals surface area (Å²) in [5.41, 5.74) is 5.64. The molecular weight excluding hydrogens is 338 g/mol. The summed E-state index contributed by atoms with van der Waals surface area (Å²) < 4.78 is 4.72. The molecule has 0 saturated heterocycles. The number of hydrogen-bond acceptors (Lipinski definition) is 4. The van der Waals surface area contributed by atoms with Crippen molar-refractivity contribution in [3.63, 3.8) is 0 Å². The molecule has 4 rings (SSSR count). The molecule has 0 spiro atoms. The molecule has 0 aliphatic carbocycles. The van der Waals surface area contributed by atoms with Gasteiger partial charge in [-0.05, 0) is 42.0 Å². The number of imidazole rings is 1. The highest BCUT2D eigenvalue weighted by Gasteiger charge is 2.06. The molecule has 3 aromatic carbocycles. The van der Waals surface area contributed by atoms with Crippen molar-refractivity contribution in [2.24, 2.45) is 0 Å². The van der Waals surface area contributed by atoms with Crippen LogP contribution in [0.1, 0.15) is 15.9 Å². The van der Waals surface area contributed by atoms with Gasteiger partial charge in [-0.2, -0.15) is 0 Å². The van der Waals surface area contributed by atoms with Gasteiger partial charge >= 0.3 is 5.97 Å². The summed E-state index contributed by atoms with van der Waals surface area (Å²) in [6, 6.07) is 23.5. The number of aromatic nitrogens is 2. The number of para-hydroxylation sites is 2. The van der Waals surface area contributed by atoms with Crippen molar-refractivity contribution in [1.29, 1.82) is 0 Å². The first kappa shape index (κ1) is 16.8. The first-order valence-corrected chi connectivity index (χ1v) is 8.69. The summed E-state index contributed by atoms with van der Waals surface area (Å²) in [4.78, 5) is 19.5. The van der Waals surface area contributed by atoms with Crippen molar-refractivity contribution in [3.05, 3.63) is 83.9 Å². The predicted octanol–water partition coefficient (Wildman–Crippen LogP) is 4.63. The largest absolute Gasteiger partial charge is 0.465 e. The molecule has 0 amide bonds. The maximum absolute atomic E-state index is 11.5. The number of H-pyrrole nitrogens is 1. The van der Waals surface area contributed by atoms with Crippen LogP contribution in [0, 0.1) is 0 Å². The van der Waals surface area contributed by atoms with Crippen LogP contribution in [0.2, 0.25) is 0 Å². The molecule has 27 heavy (non-hydrogen) atoms. The topological polar surface area (TPSA) is 67.0 Å². The number of rotatable bonds is 5. The van der Waals surface area contributed by atoms with E-state index >= 15 is 0 Å². The normalized spacial score (nSPS) is 10.7. The fraction of sp³-hybridized carbons (Fsp3) is 0.0909. The molecule has 2 N–H and O–H groups in total. The molecule has 0 aliphatic rings. The van der Waals surface area contributed by atoms with Gasteiger partial charge in [0.15, 0.2) is 0 Å². The minimum Gasteiger partial charge on any atom is -0.465 e. The van der Waals surface area contributed by atoms with Crippen LogP contribution in [0.3, 0.4) is 0 Å². The highest BCUT2D eigenvalue weighted by atomic mass is 16.5. The monoisotopic (exact) mass is 357 g/mol. The minimum absolute atomic E-state index is 0.326. The van der Waals surface area contributed by atoms with Gasteiger partial charge in [0.1, 0.15) is 5.82 Å². The summed E-state index contributed by atoms with van der Waals surface area (Å²) in [6.45, 7) is 0.658. The highest BCUT2D eigenvalue weighted by molar-refractivity contribution is 5.89. The second-order valence-electron chi connectivity index (χ2n) is 6.23. The van der Waals surface area contributed by atoms with Crippen molar-refractivity contribution in [2.75, 3.05) is 12.4 Å². The zero-order valence-corrected chi connectivity index (χ0v) is 14.9. The van der Waals surface area contributed by atoms with Gasteiger partial charge in [-0.25, -0.2) is 9.78 Å². The number of hydrogen-bond donors (Lipinski definition) is 2. The highest BCUT2D eigenvalue weighted by Crippen LogP contribution is 2.23. The maximum atomic E-state index is 11.5. The van der Waals surface area contributed by atoms with E-state index in [4.69, 9.17) is 4.74 Å². The molecule has 5 nitrogen and oxygen atoms in total. The Morgan fingerprint density at radius 1 is 1.04 bits per heavy atom. The maximum Gasteiger partial charge on any atom is 0.337 e. The number of ether oxygens (including phenoxy) is 1. The van der Waals surface area contributed by atoms with Crippen molar-refractivity contribution in [1.82, 2.24) is 9.97 Å². The summed E-state index contributed by atoms with van der Waals surface area (Å²) >= 11 is 0. The Bertz CT molecular complexity index is 1050. The Kier molecular flexibility index (Phi) is 4.58. The van der Waals surface area contributed by atoms with Gasteiger partial charge < -0.3 is 15.0 Å². The van der Waals surface area contributed by atoms with Gasteiger partial charge in [0.2, 0.25) is 0 Å². The number of anilines is 1. The summed E-state index contributed by atoms with van der Waals surface area (Å²) in [6.07, 6.45) is 0. The lowest BCUT2D eigenvalue weighted by molar-refractivity contribution is 0.0600. The second kappa shape index (κ2) is 7.33. The first-order chi connectivity index (χ1) is 13.2. The van der Waals surface area contributed by atoms with Crippen LogP contribution in [0.4, 0.5) is 5.69 Å². The number of carbonyl (C=O) groups is 1. The lowest BCUT2D eigenvalue weighted by Crippen LogP contribution is -2.03. The molecule has 1 heterocycles. The summed E-state index contributed by atoms with van der Waals surface area (Å²) in [5, 5.41) is 3.41. The zero-order valence-electron chi connectivity index (χ0n) is 14.9.